The van der Waals surface area contributed by atoms with Crippen molar-refractivity contribution in [2.45, 2.75) is 46.1 Å². The third kappa shape index (κ3) is 1.86. The molecule has 0 radical (unpaired) electrons. The molecule has 1 N–H and O–H groups in total. The van der Waals surface area contributed by atoms with Crippen molar-refractivity contribution in [3.05, 3.63) is 11.1 Å². The van der Waals surface area contributed by atoms with Crippen molar-refractivity contribution < 1.29 is 9.59 Å². The summed E-state index contributed by atoms with van der Waals surface area (Å²) in [7, 11) is 0. The lowest BCUT2D eigenvalue weighted by Gasteiger charge is -2.34. The molecule has 1 atom stereocenters. The molecular formula is C11H17NO2. The van der Waals surface area contributed by atoms with Gasteiger partial charge in [-0.2, -0.15) is 0 Å². The molecule has 1 amide bonds. The molecule has 1 heterocycles. The van der Waals surface area contributed by atoms with Crippen molar-refractivity contribution in [1.82, 2.24) is 5.32 Å². The minimum absolute atomic E-state index is 0.141. The smallest absolute Gasteiger partial charge is 0.255 e. The predicted octanol–water partition coefficient (Wildman–Crippen LogP) is 1.58. The van der Waals surface area contributed by atoms with Gasteiger partial charge in [0.25, 0.3) is 5.91 Å². The normalized spacial score (nSPS) is 27.6. The molecule has 1 rings (SSSR count). The largest absolute Gasteiger partial charge is 0.346 e. The van der Waals surface area contributed by atoms with Crippen LogP contribution in [0.1, 0.15) is 40.5 Å². The van der Waals surface area contributed by atoms with Gasteiger partial charge in [0.2, 0.25) is 0 Å². The van der Waals surface area contributed by atoms with E-state index in [-0.39, 0.29) is 17.2 Å². The van der Waals surface area contributed by atoms with Crippen molar-refractivity contribution in [2.24, 2.45) is 0 Å². The van der Waals surface area contributed by atoms with Crippen LogP contribution < -0.4 is 5.32 Å². The lowest BCUT2D eigenvalue weighted by Crippen LogP contribution is -2.50. The molecule has 1 aliphatic rings. The van der Waals surface area contributed by atoms with Crippen LogP contribution in [0, 0.1) is 0 Å². The lowest BCUT2D eigenvalue weighted by molar-refractivity contribution is -0.123. The van der Waals surface area contributed by atoms with Gasteiger partial charge in [-0.1, -0.05) is 12.5 Å². The number of hydrogen-bond acceptors (Lipinski definition) is 2. The molecule has 14 heavy (non-hydrogen) atoms. The summed E-state index contributed by atoms with van der Waals surface area (Å²) in [5, 5.41) is 2.89. The summed E-state index contributed by atoms with van der Waals surface area (Å²) in [4.78, 5) is 22.8. The molecule has 3 nitrogen and oxygen atoms in total. The number of rotatable bonds is 2. The molecule has 0 aliphatic carbocycles. The van der Waals surface area contributed by atoms with Crippen molar-refractivity contribution in [2.75, 3.05) is 0 Å². The summed E-state index contributed by atoms with van der Waals surface area (Å²) < 4.78 is 0. The topological polar surface area (TPSA) is 46.2 Å². The highest BCUT2D eigenvalue weighted by Crippen LogP contribution is 2.27. The fraction of sp³-hybridized carbons (Fsp3) is 0.636. The second-order valence-electron chi connectivity index (χ2n) is 4.26. The van der Waals surface area contributed by atoms with E-state index in [2.05, 4.69) is 5.32 Å². The maximum atomic E-state index is 11.6. The van der Waals surface area contributed by atoms with E-state index in [1.165, 1.54) is 6.92 Å². The van der Waals surface area contributed by atoms with Crippen molar-refractivity contribution >= 4 is 11.7 Å². The van der Waals surface area contributed by atoms with Gasteiger partial charge >= 0.3 is 0 Å². The van der Waals surface area contributed by atoms with Gasteiger partial charge < -0.3 is 5.32 Å². The summed E-state index contributed by atoms with van der Waals surface area (Å²) in [6.45, 7) is 7.34. The zero-order valence-electron chi connectivity index (χ0n) is 9.23. The average molecular weight is 195 g/mol. The van der Waals surface area contributed by atoms with Gasteiger partial charge in [-0.05, 0) is 33.6 Å². The van der Waals surface area contributed by atoms with Gasteiger partial charge in [-0.25, -0.2) is 0 Å². The van der Waals surface area contributed by atoms with E-state index in [9.17, 15) is 9.59 Å². The quantitative estimate of drug-likeness (QED) is 0.680. The van der Waals surface area contributed by atoms with Crippen LogP contribution in [0.3, 0.4) is 0 Å². The first-order valence-electron chi connectivity index (χ1n) is 4.93. The minimum atomic E-state index is -0.217. The van der Waals surface area contributed by atoms with Crippen LogP contribution in [0.15, 0.2) is 11.1 Å². The molecular weight excluding hydrogens is 178 g/mol. The van der Waals surface area contributed by atoms with E-state index in [1.807, 2.05) is 20.8 Å². The Bertz CT molecular complexity index is 317. The number of ketones is 1. The van der Waals surface area contributed by atoms with Crippen LogP contribution in [0.2, 0.25) is 0 Å². The second-order valence-corrected chi connectivity index (χ2v) is 4.26. The summed E-state index contributed by atoms with van der Waals surface area (Å²) in [5.41, 5.74) is 1.07. The van der Waals surface area contributed by atoms with Gasteiger partial charge in [0.05, 0.1) is 5.57 Å². The van der Waals surface area contributed by atoms with Gasteiger partial charge in [-0.15, -0.1) is 0 Å². The van der Waals surface area contributed by atoms with Crippen LogP contribution in [0.25, 0.3) is 0 Å². The Morgan fingerprint density at radius 2 is 2.14 bits per heavy atom. The Kier molecular flexibility index (Phi) is 2.79. The molecule has 0 bridgehead atoms. The first-order chi connectivity index (χ1) is 6.39. The highest BCUT2D eigenvalue weighted by atomic mass is 16.2. The van der Waals surface area contributed by atoms with Crippen LogP contribution in [0.4, 0.5) is 0 Å². The zero-order chi connectivity index (χ0) is 10.9. The number of Topliss-reactive ketones (excluding diaryl/α,β-unsaturated/α-hetero) is 1. The van der Waals surface area contributed by atoms with Crippen LogP contribution >= 0.6 is 0 Å². The molecule has 0 fully saturated rings. The van der Waals surface area contributed by atoms with Crippen LogP contribution in [-0.4, -0.2) is 17.2 Å². The summed E-state index contributed by atoms with van der Waals surface area (Å²) in [6, 6.07) is 0. The molecule has 3 heteroatoms. The number of nitrogens with one attached hydrogen (secondary N) is 1. The van der Waals surface area contributed by atoms with E-state index in [0.717, 1.165) is 18.4 Å². The van der Waals surface area contributed by atoms with Gasteiger partial charge in [-0.3, -0.25) is 9.59 Å². The maximum absolute atomic E-state index is 11.6. The number of amides is 1. The third-order valence-corrected chi connectivity index (χ3v) is 2.86. The van der Waals surface area contributed by atoms with E-state index < -0.39 is 0 Å². The average Bonchev–Trinajstić information content (AvgIpc) is 2.01. The molecule has 78 valence electrons. The monoisotopic (exact) mass is 195 g/mol. The third-order valence-electron chi connectivity index (χ3n) is 2.86. The fourth-order valence-corrected chi connectivity index (χ4v) is 1.92. The van der Waals surface area contributed by atoms with E-state index in [0.29, 0.717) is 5.57 Å². The second kappa shape index (κ2) is 3.56. The zero-order valence-corrected chi connectivity index (χ0v) is 9.23. The SMILES string of the molecule is CCC1(C)CC(C)=C(C(C)=O)C(=O)N1. The molecule has 1 aliphatic heterocycles. The van der Waals surface area contributed by atoms with Crippen molar-refractivity contribution in [3.63, 3.8) is 0 Å². The first-order valence-corrected chi connectivity index (χ1v) is 4.93. The van der Waals surface area contributed by atoms with E-state index >= 15 is 0 Å². The summed E-state index contributed by atoms with van der Waals surface area (Å²) >= 11 is 0. The van der Waals surface area contributed by atoms with Crippen molar-refractivity contribution in [1.29, 1.82) is 0 Å². The summed E-state index contributed by atoms with van der Waals surface area (Å²) in [5.74, 6) is -0.358. The number of carbonyl (C=O) groups is 2. The van der Waals surface area contributed by atoms with Gasteiger partial charge in [0.15, 0.2) is 5.78 Å². The lowest BCUT2D eigenvalue weighted by atomic mass is 9.84. The number of carbonyl (C=O) groups excluding carboxylic acids is 2. The molecule has 0 spiro atoms. The Morgan fingerprint density at radius 3 is 2.50 bits per heavy atom. The predicted molar refractivity (Wildman–Crippen MR) is 54.8 cm³/mol. The fourth-order valence-electron chi connectivity index (χ4n) is 1.92. The molecule has 1 unspecified atom stereocenters. The van der Waals surface area contributed by atoms with E-state index in [4.69, 9.17) is 0 Å². The Morgan fingerprint density at radius 1 is 1.57 bits per heavy atom. The molecule has 0 aromatic rings. The highest BCUT2D eigenvalue weighted by Gasteiger charge is 2.33. The summed E-state index contributed by atoms with van der Waals surface area (Å²) in [6.07, 6.45) is 1.64. The maximum Gasteiger partial charge on any atom is 0.255 e. The number of hydrogen-bond donors (Lipinski definition) is 1. The first kappa shape index (κ1) is 11.0. The molecule has 0 saturated carbocycles. The van der Waals surface area contributed by atoms with Crippen LogP contribution in [0.5, 0.6) is 0 Å². The standard InChI is InChI=1S/C11H17NO2/c1-5-11(4)6-7(2)9(8(3)13)10(14)12-11/h5-6H2,1-4H3,(H,12,14). The minimum Gasteiger partial charge on any atom is -0.346 e. The van der Waals surface area contributed by atoms with Crippen molar-refractivity contribution in [3.8, 4) is 0 Å². The van der Waals surface area contributed by atoms with Gasteiger partial charge in [0, 0.05) is 5.54 Å². The Balaban J connectivity index is 3.06. The Labute approximate surface area is 84.6 Å². The molecule has 0 saturated heterocycles. The van der Waals surface area contributed by atoms with Crippen LogP contribution in [-0.2, 0) is 9.59 Å². The van der Waals surface area contributed by atoms with E-state index in [1.54, 1.807) is 0 Å². The highest BCUT2D eigenvalue weighted by molar-refractivity contribution is 6.19. The van der Waals surface area contributed by atoms with Gasteiger partial charge in [0.1, 0.15) is 0 Å². The Hall–Kier alpha value is -1.12. The molecule has 0 aromatic carbocycles. The molecule has 0 aromatic heterocycles.